The van der Waals surface area contributed by atoms with Crippen molar-refractivity contribution in [3.05, 3.63) is 35.6 Å². The summed E-state index contributed by atoms with van der Waals surface area (Å²) in [5.41, 5.74) is 0.717. The summed E-state index contributed by atoms with van der Waals surface area (Å²) in [7, 11) is 1.78. The number of carbonyl (C=O) groups excluding carboxylic acids is 2. The smallest absolute Gasteiger partial charge is 0.223 e. The molecule has 2 amide bonds. The first-order valence-electron chi connectivity index (χ1n) is 9.03. The molecule has 2 saturated heterocycles. The molecule has 25 heavy (non-hydrogen) atoms. The minimum atomic E-state index is -0.194. The van der Waals surface area contributed by atoms with Gasteiger partial charge in [0.05, 0.1) is 0 Å². The number of carbonyl (C=O) groups is 2. The Kier molecular flexibility index (Phi) is 5.68. The number of nitrogens with one attached hydrogen (secondary N) is 1. The lowest BCUT2D eigenvalue weighted by Gasteiger charge is -2.34. The van der Waals surface area contributed by atoms with Crippen LogP contribution in [0.5, 0.6) is 0 Å². The number of piperidine rings is 2. The largest absolute Gasteiger partial charge is 0.353 e. The summed E-state index contributed by atoms with van der Waals surface area (Å²) < 4.78 is 13.7. The molecule has 1 atom stereocenters. The van der Waals surface area contributed by atoms with Crippen LogP contribution in [0.15, 0.2) is 24.3 Å². The van der Waals surface area contributed by atoms with Gasteiger partial charge in [-0.15, -0.1) is 0 Å². The van der Waals surface area contributed by atoms with E-state index in [1.807, 2.05) is 12.1 Å². The van der Waals surface area contributed by atoms with Crippen molar-refractivity contribution in [3.63, 3.8) is 0 Å². The third-order valence-electron chi connectivity index (χ3n) is 5.32. The highest BCUT2D eigenvalue weighted by Gasteiger charge is 2.30. The Morgan fingerprint density at radius 1 is 1.20 bits per heavy atom. The van der Waals surface area contributed by atoms with E-state index >= 15 is 0 Å². The summed E-state index contributed by atoms with van der Waals surface area (Å²) in [5, 5.41) is 3.11. The Morgan fingerprint density at radius 2 is 1.92 bits per heavy atom. The maximum Gasteiger partial charge on any atom is 0.223 e. The Labute approximate surface area is 148 Å². The fraction of sp³-hybridized carbons (Fsp3) is 0.579. The predicted molar refractivity (Wildman–Crippen MR) is 93.2 cm³/mol. The van der Waals surface area contributed by atoms with E-state index in [0.717, 1.165) is 37.9 Å². The fourth-order valence-electron chi connectivity index (χ4n) is 3.59. The molecule has 0 aliphatic carbocycles. The SMILES string of the molecule is CN1CCC(C(=O)NC2CCN(Cc3ccccc3F)CC2)CC1=O. The second-order valence-corrected chi connectivity index (χ2v) is 7.16. The van der Waals surface area contributed by atoms with Crippen LogP contribution in [0.1, 0.15) is 31.2 Å². The number of hydrogen-bond acceptors (Lipinski definition) is 3. The van der Waals surface area contributed by atoms with E-state index in [4.69, 9.17) is 0 Å². The highest BCUT2D eigenvalue weighted by molar-refractivity contribution is 5.86. The number of amides is 2. The Bertz CT molecular complexity index is 629. The van der Waals surface area contributed by atoms with Crippen LogP contribution >= 0.6 is 0 Å². The van der Waals surface area contributed by atoms with Crippen LogP contribution in [0.25, 0.3) is 0 Å². The number of rotatable bonds is 4. The molecule has 5 nitrogen and oxygen atoms in total. The monoisotopic (exact) mass is 347 g/mol. The molecule has 0 bridgehead atoms. The first-order chi connectivity index (χ1) is 12.0. The first kappa shape index (κ1) is 17.9. The molecule has 1 N–H and O–H groups in total. The van der Waals surface area contributed by atoms with Gasteiger partial charge in [-0.1, -0.05) is 18.2 Å². The maximum absolute atomic E-state index is 13.7. The molecule has 0 spiro atoms. The number of hydrogen-bond donors (Lipinski definition) is 1. The summed E-state index contributed by atoms with van der Waals surface area (Å²) in [6, 6.07) is 7.02. The zero-order chi connectivity index (χ0) is 17.8. The van der Waals surface area contributed by atoms with Gasteiger partial charge >= 0.3 is 0 Å². The van der Waals surface area contributed by atoms with Crippen LogP contribution in [-0.2, 0) is 16.1 Å². The van der Waals surface area contributed by atoms with Crippen molar-refractivity contribution >= 4 is 11.8 Å². The number of benzene rings is 1. The van der Waals surface area contributed by atoms with Gasteiger partial charge in [-0.05, 0) is 25.3 Å². The lowest BCUT2D eigenvalue weighted by atomic mass is 9.94. The molecule has 136 valence electrons. The van der Waals surface area contributed by atoms with E-state index in [2.05, 4.69) is 10.2 Å². The van der Waals surface area contributed by atoms with E-state index in [-0.39, 0.29) is 29.6 Å². The summed E-state index contributed by atoms with van der Waals surface area (Å²) in [6.45, 7) is 2.94. The summed E-state index contributed by atoms with van der Waals surface area (Å²) >= 11 is 0. The third-order valence-corrected chi connectivity index (χ3v) is 5.32. The van der Waals surface area contributed by atoms with Gasteiger partial charge < -0.3 is 10.2 Å². The molecule has 6 heteroatoms. The van der Waals surface area contributed by atoms with Gasteiger partial charge in [0.15, 0.2) is 0 Å². The molecule has 1 unspecified atom stereocenters. The summed E-state index contributed by atoms with van der Waals surface area (Å²) in [6.07, 6.45) is 2.77. The van der Waals surface area contributed by atoms with Crippen molar-refractivity contribution < 1.29 is 14.0 Å². The minimum Gasteiger partial charge on any atom is -0.353 e. The lowest BCUT2D eigenvalue weighted by Crippen LogP contribution is -2.48. The van der Waals surface area contributed by atoms with Gasteiger partial charge in [-0.3, -0.25) is 14.5 Å². The number of likely N-dealkylation sites (tertiary alicyclic amines) is 2. The summed E-state index contributed by atoms with van der Waals surface area (Å²) in [4.78, 5) is 28.1. The van der Waals surface area contributed by atoms with E-state index in [1.165, 1.54) is 6.07 Å². The van der Waals surface area contributed by atoms with E-state index in [0.29, 0.717) is 19.5 Å². The molecule has 2 aliphatic rings. The number of nitrogens with zero attached hydrogens (tertiary/aromatic N) is 2. The van der Waals surface area contributed by atoms with Gasteiger partial charge in [0.2, 0.25) is 11.8 Å². The molecule has 2 aliphatic heterocycles. The first-order valence-corrected chi connectivity index (χ1v) is 9.03. The zero-order valence-electron chi connectivity index (χ0n) is 14.7. The van der Waals surface area contributed by atoms with E-state index < -0.39 is 0 Å². The quantitative estimate of drug-likeness (QED) is 0.903. The van der Waals surface area contributed by atoms with E-state index in [1.54, 1.807) is 18.0 Å². The van der Waals surface area contributed by atoms with Gasteiger partial charge in [0, 0.05) is 57.2 Å². The van der Waals surface area contributed by atoms with Crippen molar-refractivity contribution in [3.8, 4) is 0 Å². The summed E-state index contributed by atoms with van der Waals surface area (Å²) in [5.74, 6) is -0.301. The predicted octanol–water partition coefficient (Wildman–Crippen LogP) is 1.77. The van der Waals surface area contributed by atoms with Crippen LogP contribution in [0.3, 0.4) is 0 Å². The Hall–Kier alpha value is -1.95. The van der Waals surface area contributed by atoms with Gasteiger partial charge in [0.25, 0.3) is 0 Å². The second kappa shape index (κ2) is 7.95. The Balaban J connectivity index is 1.44. The van der Waals surface area contributed by atoms with Gasteiger partial charge in [-0.25, -0.2) is 4.39 Å². The highest BCUT2D eigenvalue weighted by atomic mass is 19.1. The average Bonchev–Trinajstić information content (AvgIpc) is 2.61. The standard InChI is InChI=1S/C19H26FN3O2/c1-22-9-6-14(12-18(22)24)19(25)21-16-7-10-23(11-8-16)13-15-4-2-3-5-17(15)20/h2-5,14,16H,6-13H2,1H3,(H,21,25). The molecule has 1 aromatic rings. The van der Waals surface area contributed by atoms with Crippen LogP contribution < -0.4 is 5.32 Å². The van der Waals surface area contributed by atoms with Gasteiger partial charge in [-0.2, -0.15) is 0 Å². The molecule has 0 saturated carbocycles. The molecule has 0 aromatic heterocycles. The maximum atomic E-state index is 13.7. The topological polar surface area (TPSA) is 52.7 Å². The van der Waals surface area contributed by atoms with Crippen molar-refractivity contribution in [1.82, 2.24) is 15.1 Å². The van der Waals surface area contributed by atoms with Crippen LogP contribution in [0.2, 0.25) is 0 Å². The van der Waals surface area contributed by atoms with Crippen LogP contribution in [-0.4, -0.2) is 54.3 Å². The third kappa shape index (κ3) is 4.57. The van der Waals surface area contributed by atoms with Crippen molar-refractivity contribution in [2.75, 3.05) is 26.7 Å². The molecule has 0 radical (unpaired) electrons. The second-order valence-electron chi connectivity index (χ2n) is 7.16. The molecule has 3 rings (SSSR count). The molecular formula is C19H26FN3O2. The molecule has 2 fully saturated rings. The lowest BCUT2D eigenvalue weighted by molar-refractivity contribution is -0.139. The highest BCUT2D eigenvalue weighted by Crippen LogP contribution is 2.20. The fourth-order valence-corrected chi connectivity index (χ4v) is 3.59. The van der Waals surface area contributed by atoms with Crippen molar-refractivity contribution in [2.24, 2.45) is 5.92 Å². The molecule has 1 aromatic carbocycles. The Morgan fingerprint density at radius 3 is 2.60 bits per heavy atom. The van der Waals surface area contributed by atoms with Gasteiger partial charge in [0.1, 0.15) is 5.82 Å². The van der Waals surface area contributed by atoms with Crippen molar-refractivity contribution in [2.45, 2.75) is 38.3 Å². The number of halogens is 1. The normalized spacial score (nSPS) is 22.9. The minimum absolute atomic E-state index is 0.00834. The van der Waals surface area contributed by atoms with E-state index in [9.17, 15) is 14.0 Å². The molecular weight excluding hydrogens is 321 g/mol. The molecule has 2 heterocycles. The van der Waals surface area contributed by atoms with Crippen molar-refractivity contribution in [1.29, 1.82) is 0 Å². The van der Waals surface area contributed by atoms with Crippen LogP contribution in [0.4, 0.5) is 4.39 Å². The average molecular weight is 347 g/mol. The zero-order valence-corrected chi connectivity index (χ0v) is 14.7. The van der Waals surface area contributed by atoms with Crippen LogP contribution in [0, 0.1) is 11.7 Å².